The summed E-state index contributed by atoms with van der Waals surface area (Å²) in [7, 11) is 0. The standard InChI is InChI=1S/C13H23NO2/c1-4-10-7-11(15)8-14(10)12(16)13(5-6-13)9(2)3/h9-11,15H,4-8H2,1-3H3. The molecule has 2 unspecified atom stereocenters. The molecule has 0 radical (unpaired) electrons. The number of aliphatic hydroxyl groups is 1. The molecule has 92 valence electrons. The van der Waals surface area contributed by atoms with Crippen molar-refractivity contribution in [2.45, 2.75) is 58.6 Å². The predicted molar refractivity (Wildman–Crippen MR) is 62.9 cm³/mol. The van der Waals surface area contributed by atoms with Crippen LogP contribution in [0.4, 0.5) is 0 Å². The first-order chi connectivity index (χ1) is 7.51. The second-order valence-electron chi connectivity index (χ2n) is 5.72. The van der Waals surface area contributed by atoms with Crippen LogP contribution in [-0.4, -0.2) is 34.6 Å². The van der Waals surface area contributed by atoms with E-state index in [1.165, 1.54) is 0 Å². The first-order valence-electron chi connectivity index (χ1n) is 6.50. The molecule has 0 aromatic carbocycles. The lowest BCUT2D eigenvalue weighted by Crippen LogP contribution is -2.42. The number of nitrogens with zero attached hydrogens (tertiary/aromatic N) is 1. The summed E-state index contributed by atoms with van der Waals surface area (Å²) in [4.78, 5) is 14.4. The van der Waals surface area contributed by atoms with Crippen molar-refractivity contribution in [2.24, 2.45) is 11.3 Å². The molecule has 1 aliphatic carbocycles. The van der Waals surface area contributed by atoms with Crippen LogP contribution in [0.25, 0.3) is 0 Å². The van der Waals surface area contributed by atoms with Crippen molar-refractivity contribution in [1.29, 1.82) is 0 Å². The first-order valence-corrected chi connectivity index (χ1v) is 6.50. The zero-order valence-electron chi connectivity index (χ0n) is 10.6. The number of rotatable bonds is 3. The van der Waals surface area contributed by atoms with E-state index in [0.29, 0.717) is 18.4 Å². The van der Waals surface area contributed by atoms with Crippen LogP contribution in [0.2, 0.25) is 0 Å². The fraction of sp³-hybridized carbons (Fsp3) is 0.923. The minimum Gasteiger partial charge on any atom is -0.391 e. The van der Waals surface area contributed by atoms with E-state index in [1.807, 2.05) is 4.90 Å². The molecule has 0 bridgehead atoms. The van der Waals surface area contributed by atoms with Crippen LogP contribution in [0.15, 0.2) is 0 Å². The van der Waals surface area contributed by atoms with Crippen LogP contribution >= 0.6 is 0 Å². The van der Waals surface area contributed by atoms with Crippen LogP contribution in [-0.2, 0) is 4.79 Å². The summed E-state index contributed by atoms with van der Waals surface area (Å²) in [6.45, 7) is 6.92. The van der Waals surface area contributed by atoms with E-state index in [2.05, 4.69) is 20.8 Å². The summed E-state index contributed by atoms with van der Waals surface area (Å²) in [6.07, 6.45) is 3.48. The third-order valence-corrected chi connectivity index (χ3v) is 4.44. The Morgan fingerprint density at radius 1 is 1.50 bits per heavy atom. The highest BCUT2D eigenvalue weighted by Crippen LogP contribution is 2.53. The SMILES string of the molecule is CCC1CC(O)CN1C(=O)C1(C(C)C)CC1. The lowest BCUT2D eigenvalue weighted by Gasteiger charge is -2.30. The van der Waals surface area contributed by atoms with Crippen LogP contribution in [0, 0.1) is 11.3 Å². The molecule has 2 aliphatic rings. The number of hydrogen-bond acceptors (Lipinski definition) is 2. The maximum absolute atomic E-state index is 12.5. The first kappa shape index (κ1) is 11.9. The molecule has 1 heterocycles. The summed E-state index contributed by atoms with van der Waals surface area (Å²) < 4.78 is 0. The summed E-state index contributed by atoms with van der Waals surface area (Å²) in [5.41, 5.74) is -0.0858. The predicted octanol–water partition coefficient (Wildman–Crippen LogP) is 1.79. The van der Waals surface area contributed by atoms with E-state index >= 15 is 0 Å². The van der Waals surface area contributed by atoms with E-state index in [4.69, 9.17) is 0 Å². The molecule has 1 amide bonds. The highest BCUT2D eigenvalue weighted by Gasteiger charge is 2.55. The maximum Gasteiger partial charge on any atom is 0.229 e. The molecule has 2 fully saturated rings. The van der Waals surface area contributed by atoms with Gasteiger partial charge in [0.05, 0.1) is 11.5 Å². The fourth-order valence-electron chi connectivity index (χ4n) is 2.99. The van der Waals surface area contributed by atoms with Crippen LogP contribution in [0.3, 0.4) is 0 Å². The number of carbonyl (C=O) groups is 1. The van der Waals surface area contributed by atoms with Gasteiger partial charge >= 0.3 is 0 Å². The Morgan fingerprint density at radius 2 is 2.12 bits per heavy atom. The lowest BCUT2D eigenvalue weighted by atomic mass is 9.90. The minimum absolute atomic E-state index is 0.0858. The van der Waals surface area contributed by atoms with Crippen LogP contribution < -0.4 is 0 Å². The lowest BCUT2D eigenvalue weighted by molar-refractivity contribution is -0.140. The molecular weight excluding hydrogens is 202 g/mol. The normalized spacial score (nSPS) is 32.2. The Bertz CT molecular complexity index is 284. The number of likely N-dealkylation sites (tertiary alicyclic amines) is 1. The van der Waals surface area contributed by atoms with Crippen molar-refractivity contribution in [3.8, 4) is 0 Å². The fourth-order valence-corrected chi connectivity index (χ4v) is 2.99. The molecule has 2 rings (SSSR count). The quantitative estimate of drug-likeness (QED) is 0.795. The third kappa shape index (κ3) is 1.75. The van der Waals surface area contributed by atoms with Gasteiger partial charge in [-0.15, -0.1) is 0 Å². The van der Waals surface area contributed by atoms with Gasteiger partial charge in [0.25, 0.3) is 0 Å². The molecule has 1 saturated heterocycles. The van der Waals surface area contributed by atoms with E-state index in [1.54, 1.807) is 0 Å². The Hall–Kier alpha value is -0.570. The van der Waals surface area contributed by atoms with Gasteiger partial charge in [0.2, 0.25) is 5.91 Å². The van der Waals surface area contributed by atoms with Crippen molar-refractivity contribution in [3.05, 3.63) is 0 Å². The van der Waals surface area contributed by atoms with Crippen molar-refractivity contribution < 1.29 is 9.90 Å². The molecule has 16 heavy (non-hydrogen) atoms. The second-order valence-corrected chi connectivity index (χ2v) is 5.72. The molecule has 1 N–H and O–H groups in total. The van der Waals surface area contributed by atoms with E-state index in [0.717, 1.165) is 25.7 Å². The summed E-state index contributed by atoms with van der Waals surface area (Å²) >= 11 is 0. The number of carbonyl (C=O) groups excluding carboxylic acids is 1. The largest absolute Gasteiger partial charge is 0.391 e. The number of β-amino-alcohol motifs (C(OH)–C–C–N with tert-alkyl or cyclic N) is 1. The number of aliphatic hydroxyl groups excluding tert-OH is 1. The van der Waals surface area contributed by atoms with Gasteiger partial charge in [0.1, 0.15) is 0 Å². The Morgan fingerprint density at radius 3 is 2.56 bits per heavy atom. The molecule has 3 nitrogen and oxygen atoms in total. The average molecular weight is 225 g/mol. The van der Waals surface area contributed by atoms with E-state index < -0.39 is 0 Å². The van der Waals surface area contributed by atoms with Crippen molar-refractivity contribution in [1.82, 2.24) is 4.90 Å². The van der Waals surface area contributed by atoms with E-state index in [-0.39, 0.29) is 17.6 Å². The van der Waals surface area contributed by atoms with Gasteiger partial charge in [-0.1, -0.05) is 20.8 Å². The number of hydrogen-bond donors (Lipinski definition) is 1. The molecular formula is C13H23NO2. The van der Waals surface area contributed by atoms with Gasteiger partial charge in [-0.2, -0.15) is 0 Å². The zero-order valence-corrected chi connectivity index (χ0v) is 10.6. The topological polar surface area (TPSA) is 40.5 Å². The Labute approximate surface area is 97.8 Å². The van der Waals surface area contributed by atoms with Crippen molar-refractivity contribution >= 4 is 5.91 Å². The highest BCUT2D eigenvalue weighted by molar-refractivity contribution is 5.86. The van der Waals surface area contributed by atoms with Crippen molar-refractivity contribution in [2.75, 3.05) is 6.54 Å². The Kier molecular flexibility index (Phi) is 2.99. The minimum atomic E-state index is -0.308. The van der Waals surface area contributed by atoms with Gasteiger partial charge in [-0.3, -0.25) is 4.79 Å². The van der Waals surface area contributed by atoms with Gasteiger partial charge in [-0.25, -0.2) is 0 Å². The molecule has 0 spiro atoms. The van der Waals surface area contributed by atoms with Gasteiger partial charge in [0.15, 0.2) is 0 Å². The highest BCUT2D eigenvalue weighted by atomic mass is 16.3. The van der Waals surface area contributed by atoms with Gasteiger partial charge < -0.3 is 10.0 Å². The second kappa shape index (κ2) is 4.02. The smallest absolute Gasteiger partial charge is 0.229 e. The molecule has 0 aromatic rings. The Balaban J connectivity index is 2.10. The third-order valence-electron chi connectivity index (χ3n) is 4.44. The monoisotopic (exact) mass is 225 g/mol. The molecule has 1 aliphatic heterocycles. The maximum atomic E-state index is 12.5. The van der Waals surface area contributed by atoms with Crippen LogP contribution in [0.5, 0.6) is 0 Å². The molecule has 2 atom stereocenters. The summed E-state index contributed by atoms with van der Waals surface area (Å²) in [5, 5.41) is 9.68. The van der Waals surface area contributed by atoms with E-state index in [9.17, 15) is 9.90 Å². The van der Waals surface area contributed by atoms with Crippen molar-refractivity contribution in [3.63, 3.8) is 0 Å². The molecule has 0 aromatic heterocycles. The van der Waals surface area contributed by atoms with Crippen LogP contribution in [0.1, 0.15) is 46.5 Å². The summed E-state index contributed by atoms with van der Waals surface area (Å²) in [5.74, 6) is 0.723. The van der Waals surface area contributed by atoms with Gasteiger partial charge in [-0.05, 0) is 31.6 Å². The summed E-state index contributed by atoms with van der Waals surface area (Å²) in [6, 6.07) is 0.263. The average Bonchev–Trinajstić information content (AvgIpc) is 2.96. The zero-order chi connectivity index (χ0) is 11.9. The van der Waals surface area contributed by atoms with Gasteiger partial charge in [0, 0.05) is 12.6 Å². The molecule has 3 heteroatoms. The molecule has 1 saturated carbocycles. The number of amides is 1.